The molecule has 0 N–H and O–H groups in total. The van der Waals surface area contributed by atoms with Gasteiger partial charge in [0.25, 0.3) is 5.92 Å². The molecule has 0 radical (unpaired) electrons. The lowest BCUT2D eigenvalue weighted by Crippen LogP contribution is -2.71. The SMILES string of the molecule is CC(C)(C/C=C\C#N)CC(=O)C12CC(C(C)(F)F)(C1)C2. The van der Waals surface area contributed by atoms with Gasteiger partial charge in [0.15, 0.2) is 0 Å². The van der Waals surface area contributed by atoms with Crippen molar-refractivity contribution in [1.82, 2.24) is 0 Å². The molecule has 3 rings (SSSR count). The minimum Gasteiger partial charge on any atom is -0.299 e. The maximum atomic E-state index is 13.4. The van der Waals surface area contributed by atoms with Crippen molar-refractivity contribution in [2.75, 3.05) is 0 Å². The maximum absolute atomic E-state index is 13.4. The van der Waals surface area contributed by atoms with Gasteiger partial charge in [0.2, 0.25) is 0 Å². The van der Waals surface area contributed by atoms with E-state index in [-0.39, 0.29) is 11.2 Å². The van der Waals surface area contributed by atoms with Crippen LogP contribution >= 0.6 is 0 Å². The van der Waals surface area contributed by atoms with E-state index >= 15 is 0 Å². The van der Waals surface area contributed by atoms with E-state index in [0.717, 1.165) is 6.92 Å². The summed E-state index contributed by atoms with van der Waals surface area (Å²) in [6, 6.07) is 1.93. The Morgan fingerprint density at radius 3 is 2.30 bits per heavy atom. The van der Waals surface area contributed by atoms with E-state index in [9.17, 15) is 13.6 Å². The third-order valence-electron chi connectivity index (χ3n) is 5.05. The molecule has 0 aliphatic heterocycles. The third-order valence-corrected chi connectivity index (χ3v) is 5.05. The van der Waals surface area contributed by atoms with Crippen LogP contribution in [0.1, 0.15) is 52.9 Å². The van der Waals surface area contributed by atoms with Crippen LogP contribution in [0.15, 0.2) is 12.2 Å². The summed E-state index contributed by atoms with van der Waals surface area (Å²) in [4.78, 5) is 12.4. The lowest BCUT2D eigenvalue weighted by Gasteiger charge is -2.71. The second-order valence-electron chi connectivity index (χ2n) is 7.48. The Morgan fingerprint density at radius 1 is 1.30 bits per heavy atom. The van der Waals surface area contributed by atoms with E-state index in [0.29, 0.717) is 32.1 Å². The average molecular weight is 281 g/mol. The number of carbonyl (C=O) groups excluding carboxylic acids is 1. The molecule has 0 amide bonds. The predicted molar refractivity (Wildman–Crippen MR) is 72.1 cm³/mol. The van der Waals surface area contributed by atoms with Gasteiger partial charge >= 0.3 is 0 Å². The van der Waals surface area contributed by atoms with Crippen LogP contribution in [0.25, 0.3) is 0 Å². The number of nitrogens with zero attached hydrogens (tertiary/aromatic N) is 1. The van der Waals surface area contributed by atoms with Crippen LogP contribution in [0.4, 0.5) is 8.78 Å². The molecule has 4 heteroatoms. The molecule has 0 aromatic rings. The number of allylic oxidation sites excluding steroid dienone is 2. The Balaban J connectivity index is 1.90. The summed E-state index contributed by atoms with van der Waals surface area (Å²) >= 11 is 0. The largest absolute Gasteiger partial charge is 0.299 e. The summed E-state index contributed by atoms with van der Waals surface area (Å²) < 4.78 is 26.8. The zero-order chi connectivity index (χ0) is 15.2. The molecular formula is C16H21F2NO. The average Bonchev–Trinajstić information content (AvgIpc) is 2.09. The zero-order valence-corrected chi connectivity index (χ0v) is 12.3. The van der Waals surface area contributed by atoms with Crippen molar-refractivity contribution in [2.45, 2.75) is 58.8 Å². The number of hydrogen-bond acceptors (Lipinski definition) is 2. The number of nitriles is 1. The minimum absolute atomic E-state index is 0.124. The molecule has 0 saturated heterocycles. The molecule has 2 nitrogen and oxygen atoms in total. The van der Waals surface area contributed by atoms with Gasteiger partial charge in [-0.25, -0.2) is 8.78 Å². The fourth-order valence-electron chi connectivity index (χ4n) is 3.67. The Kier molecular flexibility index (Phi) is 3.32. The van der Waals surface area contributed by atoms with Crippen LogP contribution in [0, 0.1) is 27.6 Å². The van der Waals surface area contributed by atoms with Gasteiger partial charge < -0.3 is 0 Å². The van der Waals surface area contributed by atoms with Gasteiger partial charge in [0.05, 0.1) is 6.07 Å². The summed E-state index contributed by atoms with van der Waals surface area (Å²) in [5.74, 6) is -2.54. The monoisotopic (exact) mass is 281 g/mol. The topological polar surface area (TPSA) is 40.9 Å². The van der Waals surface area contributed by atoms with Crippen LogP contribution in [-0.2, 0) is 4.79 Å². The van der Waals surface area contributed by atoms with Crippen molar-refractivity contribution < 1.29 is 13.6 Å². The van der Waals surface area contributed by atoms with E-state index in [4.69, 9.17) is 5.26 Å². The third kappa shape index (κ3) is 2.28. The second-order valence-corrected chi connectivity index (χ2v) is 7.48. The number of hydrogen-bond donors (Lipinski definition) is 0. The quantitative estimate of drug-likeness (QED) is 0.682. The lowest BCUT2D eigenvalue weighted by atomic mass is 9.32. The van der Waals surface area contributed by atoms with Crippen molar-refractivity contribution in [2.24, 2.45) is 16.2 Å². The molecule has 0 unspecified atom stereocenters. The lowest BCUT2D eigenvalue weighted by molar-refractivity contribution is -0.295. The van der Waals surface area contributed by atoms with Crippen molar-refractivity contribution in [3.05, 3.63) is 12.2 Å². The molecule has 3 fully saturated rings. The predicted octanol–water partition coefficient (Wildman–Crippen LogP) is 4.27. The molecule has 110 valence electrons. The van der Waals surface area contributed by atoms with E-state index in [2.05, 4.69) is 0 Å². The van der Waals surface area contributed by atoms with Gasteiger partial charge in [-0.05, 0) is 38.0 Å². The van der Waals surface area contributed by atoms with Crippen molar-refractivity contribution in [3.8, 4) is 6.07 Å². The number of carbonyl (C=O) groups is 1. The van der Waals surface area contributed by atoms with Crippen molar-refractivity contribution in [3.63, 3.8) is 0 Å². The number of rotatable bonds is 6. The first-order valence-corrected chi connectivity index (χ1v) is 7.02. The highest BCUT2D eigenvalue weighted by molar-refractivity contribution is 5.89. The maximum Gasteiger partial charge on any atom is 0.251 e. The molecule has 0 atom stereocenters. The van der Waals surface area contributed by atoms with E-state index in [1.54, 1.807) is 6.08 Å². The van der Waals surface area contributed by atoms with Gasteiger partial charge in [0.1, 0.15) is 5.78 Å². The van der Waals surface area contributed by atoms with Gasteiger partial charge in [0, 0.05) is 23.3 Å². The molecule has 0 aromatic carbocycles. The molecule has 0 aromatic heterocycles. The molecule has 0 heterocycles. The molecule has 3 saturated carbocycles. The summed E-state index contributed by atoms with van der Waals surface area (Å²) in [6.45, 7) is 4.92. The van der Waals surface area contributed by atoms with E-state index in [1.807, 2.05) is 19.9 Å². The summed E-state index contributed by atoms with van der Waals surface area (Å²) in [5, 5.41) is 8.46. The highest BCUT2D eigenvalue weighted by Gasteiger charge is 2.77. The van der Waals surface area contributed by atoms with Crippen molar-refractivity contribution in [1.29, 1.82) is 5.26 Å². The van der Waals surface area contributed by atoms with Gasteiger partial charge in [-0.3, -0.25) is 4.79 Å². The summed E-state index contributed by atoms with van der Waals surface area (Å²) in [6.07, 6.45) is 5.29. The highest BCUT2D eigenvalue weighted by Crippen LogP contribution is 2.78. The summed E-state index contributed by atoms with van der Waals surface area (Å²) in [5.41, 5.74) is -1.58. The van der Waals surface area contributed by atoms with Gasteiger partial charge in [-0.2, -0.15) is 5.26 Å². The van der Waals surface area contributed by atoms with Crippen LogP contribution < -0.4 is 0 Å². The Morgan fingerprint density at radius 2 is 1.85 bits per heavy atom. The Bertz CT molecular complexity index is 474. The second kappa shape index (κ2) is 4.38. The first kappa shape index (κ1) is 15.2. The molecule has 3 aliphatic carbocycles. The fraction of sp³-hybridized carbons (Fsp3) is 0.750. The first-order chi connectivity index (χ1) is 9.06. The zero-order valence-electron chi connectivity index (χ0n) is 12.3. The summed E-state index contributed by atoms with van der Waals surface area (Å²) in [7, 11) is 0. The number of halogens is 2. The Labute approximate surface area is 118 Å². The normalized spacial score (nSPS) is 32.4. The fourth-order valence-corrected chi connectivity index (χ4v) is 3.67. The molecule has 0 spiro atoms. The first-order valence-electron chi connectivity index (χ1n) is 7.02. The number of alkyl halides is 2. The van der Waals surface area contributed by atoms with Crippen LogP contribution in [0.5, 0.6) is 0 Å². The van der Waals surface area contributed by atoms with E-state index in [1.165, 1.54) is 6.08 Å². The van der Waals surface area contributed by atoms with E-state index < -0.39 is 16.8 Å². The molecule has 3 aliphatic rings. The standard InChI is InChI=1S/C16H21F2NO/c1-13(2,6-4-5-7-19)8-12(20)15-9-16(10-15,11-15)14(3,17)18/h4-5H,6,8-11H2,1-3H3/b5-4-. The number of Topliss-reactive ketones (excluding diaryl/α,β-unsaturated/α-hetero) is 1. The van der Waals surface area contributed by atoms with Gasteiger partial charge in [-0.1, -0.05) is 19.9 Å². The smallest absolute Gasteiger partial charge is 0.251 e. The Hall–Kier alpha value is -1.24. The molecule has 20 heavy (non-hydrogen) atoms. The van der Waals surface area contributed by atoms with Gasteiger partial charge in [-0.15, -0.1) is 0 Å². The minimum atomic E-state index is -2.67. The molecular weight excluding hydrogens is 260 g/mol. The van der Waals surface area contributed by atoms with Crippen LogP contribution in [-0.4, -0.2) is 11.7 Å². The van der Waals surface area contributed by atoms with Crippen LogP contribution in [0.3, 0.4) is 0 Å². The number of ketones is 1. The van der Waals surface area contributed by atoms with Crippen LogP contribution in [0.2, 0.25) is 0 Å². The highest BCUT2D eigenvalue weighted by atomic mass is 19.3. The van der Waals surface area contributed by atoms with Crippen molar-refractivity contribution >= 4 is 5.78 Å². The molecule has 2 bridgehead atoms.